The van der Waals surface area contributed by atoms with Crippen LogP contribution >= 0.6 is 11.3 Å². The second-order valence-electron chi connectivity index (χ2n) is 4.11. The van der Waals surface area contributed by atoms with Gasteiger partial charge in [0.2, 0.25) is 0 Å². The van der Waals surface area contributed by atoms with E-state index in [0.717, 1.165) is 16.3 Å². The molecule has 0 spiro atoms. The second-order valence-corrected chi connectivity index (χ2v) is 4.97. The van der Waals surface area contributed by atoms with Crippen LogP contribution in [0.3, 0.4) is 0 Å². The minimum atomic E-state index is -0.855. The van der Waals surface area contributed by atoms with Crippen molar-refractivity contribution in [3.8, 4) is 10.6 Å². The van der Waals surface area contributed by atoms with Gasteiger partial charge in [-0.3, -0.25) is 9.78 Å². The van der Waals surface area contributed by atoms with Crippen molar-refractivity contribution >= 4 is 23.2 Å². The van der Waals surface area contributed by atoms with Crippen LogP contribution in [-0.2, 0) is 20.7 Å². The third-order valence-electron chi connectivity index (χ3n) is 2.59. The highest BCUT2D eigenvalue weighted by Crippen LogP contribution is 2.22. The van der Waals surface area contributed by atoms with Crippen LogP contribution in [0.5, 0.6) is 0 Å². The largest absolute Gasteiger partial charge is 0.459 e. The molecule has 110 valence electrons. The summed E-state index contributed by atoms with van der Waals surface area (Å²) >= 11 is 1.52. The molecule has 0 fully saturated rings. The summed E-state index contributed by atoms with van der Waals surface area (Å²) in [5, 5.41) is 5.32. The van der Waals surface area contributed by atoms with Gasteiger partial charge in [0, 0.05) is 36.3 Å². The third-order valence-corrected chi connectivity index (χ3v) is 3.53. The van der Waals surface area contributed by atoms with Gasteiger partial charge in [-0.1, -0.05) is 0 Å². The van der Waals surface area contributed by atoms with E-state index in [0.29, 0.717) is 13.0 Å². The first-order valence-electron chi connectivity index (χ1n) is 6.50. The SMILES string of the molecule is CCOC(=O)C(=O)NCCc1csc(-c2cccnc2)n1. The summed E-state index contributed by atoms with van der Waals surface area (Å²) < 4.78 is 4.60. The smallest absolute Gasteiger partial charge is 0.396 e. The number of aromatic nitrogens is 2. The number of nitrogens with zero attached hydrogens (tertiary/aromatic N) is 2. The predicted molar refractivity (Wildman–Crippen MR) is 78.7 cm³/mol. The maximum absolute atomic E-state index is 11.3. The van der Waals surface area contributed by atoms with E-state index in [9.17, 15) is 9.59 Å². The molecule has 0 aliphatic rings. The highest BCUT2D eigenvalue weighted by atomic mass is 32.1. The summed E-state index contributed by atoms with van der Waals surface area (Å²) in [5.74, 6) is -1.58. The van der Waals surface area contributed by atoms with Crippen LogP contribution < -0.4 is 5.32 Å². The zero-order chi connectivity index (χ0) is 15.1. The van der Waals surface area contributed by atoms with Gasteiger partial charge in [-0.05, 0) is 19.1 Å². The van der Waals surface area contributed by atoms with Crippen molar-refractivity contribution in [3.63, 3.8) is 0 Å². The Hall–Kier alpha value is -2.28. The highest BCUT2D eigenvalue weighted by Gasteiger charge is 2.13. The average molecular weight is 305 g/mol. The number of carbonyl (C=O) groups excluding carboxylic acids is 2. The first-order valence-corrected chi connectivity index (χ1v) is 7.38. The monoisotopic (exact) mass is 305 g/mol. The van der Waals surface area contributed by atoms with Gasteiger partial charge in [-0.15, -0.1) is 11.3 Å². The molecule has 7 heteroatoms. The van der Waals surface area contributed by atoms with Crippen LogP contribution in [0.15, 0.2) is 29.9 Å². The predicted octanol–water partition coefficient (Wildman–Crippen LogP) is 1.43. The Morgan fingerprint density at radius 2 is 2.29 bits per heavy atom. The number of nitrogens with one attached hydrogen (secondary N) is 1. The van der Waals surface area contributed by atoms with E-state index in [-0.39, 0.29) is 6.61 Å². The fraction of sp³-hybridized carbons (Fsp3) is 0.286. The molecule has 0 unspecified atom stereocenters. The molecule has 0 radical (unpaired) electrons. The number of hydrogen-bond donors (Lipinski definition) is 1. The average Bonchev–Trinajstić information content (AvgIpc) is 2.97. The maximum atomic E-state index is 11.3. The molecule has 2 aromatic heterocycles. The number of carbonyl (C=O) groups is 2. The molecule has 6 nitrogen and oxygen atoms in total. The van der Waals surface area contributed by atoms with Gasteiger partial charge in [0.25, 0.3) is 0 Å². The van der Waals surface area contributed by atoms with Crippen molar-refractivity contribution in [2.75, 3.05) is 13.2 Å². The van der Waals surface area contributed by atoms with E-state index in [1.165, 1.54) is 11.3 Å². The normalized spacial score (nSPS) is 10.1. The molecule has 1 amide bonds. The molecule has 0 aromatic carbocycles. The van der Waals surface area contributed by atoms with Gasteiger partial charge in [0.05, 0.1) is 12.3 Å². The van der Waals surface area contributed by atoms with Crippen LogP contribution in [0.2, 0.25) is 0 Å². The number of pyridine rings is 1. The first kappa shape index (κ1) is 15.1. The van der Waals surface area contributed by atoms with E-state index < -0.39 is 11.9 Å². The van der Waals surface area contributed by atoms with E-state index >= 15 is 0 Å². The zero-order valence-electron chi connectivity index (χ0n) is 11.5. The van der Waals surface area contributed by atoms with Crippen molar-refractivity contribution in [1.82, 2.24) is 15.3 Å². The Bertz CT molecular complexity index is 613. The number of ether oxygens (including phenoxy) is 1. The van der Waals surface area contributed by atoms with E-state index in [1.54, 1.807) is 19.3 Å². The Morgan fingerprint density at radius 3 is 3.00 bits per heavy atom. The summed E-state index contributed by atoms with van der Waals surface area (Å²) in [5.41, 5.74) is 1.83. The molecule has 0 atom stereocenters. The first-order chi connectivity index (χ1) is 10.2. The third kappa shape index (κ3) is 4.35. The van der Waals surface area contributed by atoms with Crippen LogP contribution in [0, 0.1) is 0 Å². The number of thiazole rings is 1. The zero-order valence-corrected chi connectivity index (χ0v) is 12.4. The number of hydrogen-bond acceptors (Lipinski definition) is 6. The van der Waals surface area contributed by atoms with Crippen molar-refractivity contribution in [2.24, 2.45) is 0 Å². The molecule has 0 aliphatic heterocycles. The molecule has 0 bridgehead atoms. The van der Waals surface area contributed by atoms with Gasteiger partial charge in [0.1, 0.15) is 5.01 Å². The standard InChI is InChI=1S/C14H15N3O3S/c1-2-20-14(19)12(18)16-7-5-11-9-21-13(17-11)10-4-3-6-15-8-10/h3-4,6,8-9H,2,5,7H2,1H3,(H,16,18). The van der Waals surface area contributed by atoms with Crippen LogP contribution in [0.1, 0.15) is 12.6 Å². The maximum Gasteiger partial charge on any atom is 0.396 e. The van der Waals surface area contributed by atoms with Gasteiger partial charge >= 0.3 is 11.9 Å². The van der Waals surface area contributed by atoms with Gasteiger partial charge < -0.3 is 10.1 Å². The van der Waals surface area contributed by atoms with Gasteiger partial charge in [-0.2, -0.15) is 0 Å². The number of esters is 1. The minimum absolute atomic E-state index is 0.187. The molecule has 2 heterocycles. The lowest BCUT2D eigenvalue weighted by Crippen LogP contribution is -2.33. The summed E-state index contributed by atoms with van der Waals surface area (Å²) in [7, 11) is 0. The van der Waals surface area contributed by atoms with E-state index in [4.69, 9.17) is 0 Å². The minimum Gasteiger partial charge on any atom is -0.459 e. The van der Waals surface area contributed by atoms with Gasteiger partial charge in [-0.25, -0.2) is 9.78 Å². The van der Waals surface area contributed by atoms with Crippen molar-refractivity contribution in [1.29, 1.82) is 0 Å². The molecule has 0 saturated carbocycles. The molecule has 21 heavy (non-hydrogen) atoms. The van der Waals surface area contributed by atoms with Crippen molar-refractivity contribution in [2.45, 2.75) is 13.3 Å². The molecular formula is C14H15N3O3S. The van der Waals surface area contributed by atoms with Crippen LogP contribution in [0.4, 0.5) is 0 Å². The fourth-order valence-electron chi connectivity index (χ4n) is 1.62. The number of rotatable bonds is 5. The topological polar surface area (TPSA) is 81.2 Å². The summed E-state index contributed by atoms with van der Waals surface area (Å²) in [4.78, 5) is 31.0. The van der Waals surface area contributed by atoms with Crippen LogP contribution in [-0.4, -0.2) is 35.0 Å². The molecule has 0 aliphatic carbocycles. The summed E-state index contributed by atoms with van der Waals surface area (Å²) in [6.07, 6.45) is 4.02. The Balaban J connectivity index is 1.84. The molecular weight excluding hydrogens is 290 g/mol. The van der Waals surface area contributed by atoms with E-state index in [1.807, 2.05) is 17.5 Å². The summed E-state index contributed by atoms with van der Waals surface area (Å²) in [6, 6.07) is 3.80. The molecule has 2 rings (SSSR count). The lowest BCUT2D eigenvalue weighted by molar-refractivity contribution is -0.154. The molecule has 2 aromatic rings. The quantitative estimate of drug-likeness (QED) is 0.667. The molecule has 0 saturated heterocycles. The molecule has 1 N–H and O–H groups in total. The lowest BCUT2D eigenvalue weighted by atomic mass is 10.3. The second kappa shape index (κ2) is 7.49. The van der Waals surface area contributed by atoms with Crippen molar-refractivity contribution in [3.05, 3.63) is 35.6 Å². The lowest BCUT2D eigenvalue weighted by Gasteiger charge is -2.03. The van der Waals surface area contributed by atoms with Crippen LogP contribution in [0.25, 0.3) is 10.6 Å². The highest BCUT2D eigenvalue weighted by molar-refractivity contribution is 7.13. The fourth-order valence-corrected chi connectivity index (χ4v) is 2.46. The Morgan fingerprint density at radius 1 is 1.43 bits per heavy atom. The number of amides is 1. The van der Waals surface area contributed by atoms with Crippen molar-refractivity contribution < 1.29 is 14.3 Å². The van der Waals surface area contributed by atoms with E-state index in [2.05, 4.69) is 20.0 Å². The Labute approximate surface area is 126 Å². The summed E-state index contributed by atoms with van der Waals surface area (Å²) in [6.45, 7) is 2.18. The Kier molecular flexibility index (Phi) is 5.39. The van der Waals surface area contributed by atoms with Gasteiger partial charge in [0.15, 0.2) is 0 Å².